The Morgan fingerprint density at radius 3 is 2.88 bits per heavy atom. The zero-order valence-electron chi connectivity index (χ0n) is 9.19. The topological polar surface area (TPSA) is 67.6 Å². The summed E-state index contributed by atoms with van der Waals surface area (Å²) in [6.45, 7) is 0. The maximum Gasteiger partial charge on any atom is 0.224 e. The molecular weight excluding hydrogens is 252 g/mol. The summed E-state index contributed by atoms with van der Waals surface area (Å²) in [5.74, 6) is 1.06. The summed E-state index contributed by atoms with van der Waals surface area (Å²) in [7, 11) is 0. The molecule has 0 atom stereocenters. The van der Waals surface area contributed by atoms with Gasteiger partial charge in [-0.15, -0.1) is 11.3 Å². The predicted molar refractivity (Wildman–Crippen MR) is 71.6 cm³/mol. The van der Waals surface area contributed by atoms with Gasteiger partial charge in [0.1, 0.15) is 0 Å². The molecule has 1 aliphatic carbocycles. The molecule has 3 rings (SSSR count). The summed E-state index contributed by atoms with van der Waals surface area (Å²) in [5.41, 5.74) is 7.10. The molecule has 2 aromatic heterocycles. The molecule has 2 aromatic rings. The quantitative estimate of drug-likeness (QED) is 0.777. The second-order valence-electron chi connectivity index (χ2n) is 4.13. The third-order valence-electron chi connectivity index (χ3n) is 2.90. The first-order valence-electron chi connectivity index (χ1n) is 5.58. The van der Waals surface area contributed by atoms with Gasteiger partial charge in [-0.2, -0.15) is 9.97 Å². The van der Waals surface area contributed by atoms with Gasteiger partial charge in [0.05, 0.1) is 4.88 Å². The number of nitrogens with one attached hydrogen (secondary N) is 1. The summed E-state index contributed by atoms with van der Waals surface area (Å²) in [4.78, 5) is 13.7. The molecule has 0 unspecified atom stereocenters. The number of anilines is 1. The first-order valence-corrected chi connectivity index (χ1v) is 6.80. The van der Waals surface area contributed by atoms with Crippen molar-refractivity contribution in [3.05, 3.63) is 21.3 Å². The van der Waals surface area contributed by atoms with E-state index >= 15 is 0 Å². The van der Waals surface area contributed by atoms with Crippen molar-refractivity contribution in [2.75, 3.05) is 5.73 Å². The highest BCUT2D eigenvalue weighted by Gasteiger charge is 2.15. The maximum atomic E-state index is 5.65. The Hall–Kier alpha value is -1.27. The lowest BCUT2D eigenvalue weighted by molar-refractivity contribution is 0.697. The molecule has 0 radical (unpaired) electrons. The van der Waals surface area contributed by atoms with E-state index < -0.39 is 0 Å². The van der Waals surface area contributed by atoms with Crippen LogP contribution in [0.1, 0.15) is 23.3 Å². The smallest absolute Gasteiger partial charge is 0.224 e. The summed E-state index contributed by atoms with van der Waals surface area (Å²) in [5, 5.41) is 0. The lowest BCUT2D eigenvalue weighted by atomic mass is 9.99. The molecule has 0 amide bonds. The van der Waals surface area contributed by atoms with Gasteiger partial charge in [-0.25, -0.2) is 0 Å². The minimum atomic E-state index is 0.294. The molecule has 0 saturated carbocycles. The zero-order valence-corrected chi connectivity index (χ0v) is 10.8. The van der Waals surface area contributed by atoms with Crippen molar-refractivity contribution >= 4 is 29.5 Å². The van der Waals surface area contributed by atoms with Crippen molar-refractivity contribution in [3.8, 4) is 10.7 Å². The molecular formula is C11H12N4S2. The second-order valence-corrected chi connectivity index (χ2v) is 5.63. The molecule has 4 nitrogen and oxygen atoms in total. The van der Waals surface area contributed by atoms with E-state index in [1.165, 1.54) is 36.1 Å². The number of hydrogen-bond donors (Lipinski definition) is 2. The molecule has 6 heteroatoms. The van der Waals surface area contributed by atoms with Gasteiger partial charge < -0.3 is 10.7 Å². The minimum Gasteiger partial charge on any atom is -0.369 e. The molecule has 0 bridgehead atoms. The van der Waals surface area contributed by atoms with Crippen LogP contribution in [0, 0.1) is 4.77 Å². The molecule has 1 aliphatic rings. The lowest BCUT2D eigenvalue weighted by Gasteiger charge is -2.08. The molecule has 2 heterocycles. The van der Waals surface area contributed by atoms with Crippen LogP contribution in [0.15, 0.2) is 6.07 Å². The van der Waals surface area contributed by atoms with Crippen LogP contribution in [0.25, 0.3) is 10.7 Å². The fraction of sp³-hybridized carbons (Fsp3) is 0.364. The molecule has 3 N–H and O–H groups in total. The average Bonchev–Trinajstić information content (AvgIpc) is 2.71. The number of nitrogens with two attached hydrogens (primary N) is 1. The fourth-order valence-corrected chi connectivity index (χ4v) is 3.51. The number of hydrogen-bond acceptors (Lipinski definition) is 5. The number of nitrogens with zero attached hydrogens (tertiary/aromatic N) is 2. The number of aryl methyl sites for hydroxylation is 2. The van der Waals surface area contributed by atoms with Gasteiger partial charge in [-0.1, -0.05) is 0 Å². The monoisotopic (exact) mass is 264 g/mol. The summed E-state index contributed by atoms with van der Waals surface area (Å²) < 4.78 is 0.294. The first-order chi connectivity index (χ1) is 8.22. The van der Waals surface area contributed by atoms with E-state index in [2.05, 4.69) is 21.0 Å². The summed E-state index contributed by atoms with van der Waals surface area (Å²) >= 11 is 6.76. The van der Waals surface area contributed by atoms with Crippen LogP contribution in [0.5, 0.6) is 0 Å². The van der Waals surface area contributed by atoms with Crippen LogP contribution in [0.2, 0.25) is 0 Å². The Kier molecular flexibility index (Phi) is 2.68. The highest BCUT2D eigenvalue weighted by molar-refractivity contribution is 7.71. The number of aromatic amines is 1. The second kappa shape index (κ2) is 4.19. The highest BCUT2D eigenvalue weighted by Crippen LogP contribution is 2.34. The maximum absolute atomic E-state index is 5.65. The number of H-pyrrole nitrogens is 1. The van der Waals surface area contributed by atoms with Gasteiger partial charge >= 0.3 is 0 Å². The summed E-state index contributed by atoms with van der Waals surface area (Å²) in [6, 6.07) is 2.20. The molecule has 0 spiro atoms. The molecule has 0 saturated heterocycles. The number of nitrogen functional groups attached to an aromatic ring is 1. The third kappa shape index (κ3) is 2.10. The molecule has 0 fully saturated rings. The molecule has 0 aliphatic heterocycles. The number of fused-ring (bicyclic) bond motifs is 1. The van der Waals surface area contributed by atoms with Gasteiger partial charge in [0.2, 0.25) is 10.7 Å². The molecule has 17 heavy (non-hydrogen) atoms. The Morgan fingerprint density at radius 1 is 1.29 bits per heavy atom. The van der Waals surface area contributed by atoms with Crippen LogP contribution < -0.4 is 5.73 Å². The number of thiophene rings is 1. The van der Waals surface area contributed by atoms with Crippen LogP contribution in [-0.4, -0.2) is 15.0 Å². The Morgan fingerprint density at radius 2 is 2.12 bits per heavy atom. The van der Waals surface area contributed by atoms with E-state index in [-0.39, 0.29) is 0 Å². The Balaban J connectivity index is 2.08. The Labute approximate surface area is 108 Å². The van der Waals surface area contributed by atoms with Gasteiger partial charge in [0.25, 0.3) is 0 Å². The Bertz CT molecular complexity index is 591. The number of aromatic nitrogens is 3. The van der Waals surface area contributed by atoms with Crippen molar-refractivity contribution in [3.63, 3.8) is 0 Å². The van der Waals surface area contributed by atoms with Crippen LogP contribution >= 0.6 is 23.6 Å². The average molecular weight is 264 g/mol. The standard InChI is InChI=1S/C11H12N4S2/c12-10-13-9(14-11(16)15-10)8-5-6-3-1-2-4-7(6)17-8/h5H,1-4H2,(H3,12,13,14,15,16). The minimum absolute atomic E-state index is 0.294. The summed E-state index contributed by atoms with van der Waals surface area (Å²) in [6.07, 6.45) is 4.92. The van der Waals surface area contributed by atoms with Gasteiger partial charge in [0.15, 0.2) is 5.82 Å². The van der Waals surface area contributed by atoms with E-state index in [4.69, 9.17) is 18.0 Å². The van der Waals surface area contributed by atoms with Crippen LogP contribution in [0.3, 0.4) is 0 Å². The van der Waals surface area contributed by atoms with Crippen LogP contribution in [0.4, 0.5) is 5.95 Å². The van der Waals surface area contributed by atoms with Crippen LogP contribution in [-0.2, 0) is 12.8 Å². The van der Waals surface area contributed by atoms with E-state index in [1.54, 1.807) is 11.3 Å². The van der Waals surface area contributed by atoms with Crippen molar-refractivity contribution in [2.45, 2.75) is 25.7 Å². The van der Waals surface area contributed by atoms with Crippen molar-refractivity contribution in [1.82, 2.24) is 15.0 Å². The predicted octanol–water partition coefficient (Wildman–Crippen LogP) is 2.72. The fourth-order valence-electron chi connectivity index (χ4n) is 2.12. The van der Waals surface area contributed by atoms with Crippen molar-refractivity contribution < 1.29 is 0 Å². The lowest BCUT2D eigenvalue weighted by Crippen LogP contribution is -1.98. The largest absolute Gasteiger partial charge is 0.369 e. The van der Waals surface area contributed by atoms with Gasteiger partial charge in [-0.05, 0) is 49.5 Å². The molecule has 88 valence electrons. The van der Waals surface area contributed by atoms with E-state index in [0.29, 0.717) is 10.7 Å². The van der Waals surface area contributed by atoms with Gasteiger partial charge in [-0.3, -0.25) is 0 Å². The first kappa shape index (κ1) is 10.9. The SMILES string of the molecule is Nc1nc(=S)nc(-c2cc3c(s2)CCCC3)[nH]1. The van der Waals surface area contributed by atoms with E-state index in [1.807, 2.05) is 0 Å². The van der Waals surface area contributed by atoms with Gasteiger partial charge in [0, 0.05) is 4.88 Å². The molecule has 0 aromatic carbocycles. The van der Waals surface area contributed by atoms with Crippen molar-refractivity contribution in [2.24, 2.45) is 0 Å². The van der Waals surface area contributed by atoms with Crippen molar-refractivity contribution in [1.29, 1.82) is 0 Å². The highest BCUT2D eigenvalue weighted by atomic mass is 32.1. The number of rotatable bonds is 1. The normalized spacial score (nSPS) is 14.6. The third-order valence-corrected chi connectivity index (χ3v) is 4.33. The van der Waals surface area contributed by atoms with E-state index in [0.717, 1.165) is 10.7 Å². The van der Waals surface area contributed by atoms with E-state index in [9.17, 15) is 0 Å². The zero-order chi connectivity index (χ0) is 11.8.